The van der Waals surface area contributed by atoms with Crippen LogP contribution in [0.25, 0.3) is 28.3 Å². The van der Waals surface area contributed by atoms with Crippen LogP contribution in [0.4, 0.5) is 0 Å². The molecule has 1 heterocycles. The molecule has 0 saturated heterocycles. The number of benzene rings is 2. The highest BCUT2D eigenvalue weighted by molar-refractivity contribution is 5.87. The molecule has 0 saturated carbocycles. The second-order valence-electron chi connectivity index (χ2n) is 7.28. The van der Waals surface area contributed by atoms with E-state index < -0.39 is 0 Å². The van der Waals surface area contributed by atoms with Gasteiger partial charge in [-0.05, 0) is 28.2 Å². The number of oxazole rings is 1. The fraction of sp³-hybridized carbons (Fsp3) is 0.286. The van der Waals surface area contributed by atoms with E-state index in [4.69, 9.17) is 9.40 Å². The first-order valence-corrected chi connectivity index (χ1v) is 8.20. The Morgan fingerprint density at radius 1 is 1.00 bits per heavy atom. The van der Waals surface area contributed by atoms with Crippen molar-refractivity contribution in [2.75, 3.05) is 14.1 Å². The van der Waals surface area contributed by atoms with Gasteiger partial charge in [-0.1, -0.05) is 57.2 Å². The second-order valence-corrected chi connectivity index (χ2v) is 7.28. The minimum atomic E-state index is -0.0376. The molecule has 0 amide bonds. The van der Waals surface area contributed by atoms with E-state index in [1.807, 2.05) is 43.4 Å². The summed E-state index contributed by atoms with van der Waals surface area (Å²) in [4.78, 5) is 6.72. The fourth-order valence-corrected chi connectivity index (χ4v) is 2.91. The molecule has 0 aliphatic rings. The molecule has 0 unspecified atom stereocenters. The molecular formula is C21H24N2O. The molecule has 0 N–H and O–H groups in total. The summed E-state index contributed by atoms with van der Waals surface area (Å²) in [7, 11) is 3.96. The van der Waals surface area contributed by atoms with Crippen molar-refractivity contribution in [1.82, 2.24) is 9.88 Å². The van der Waals surface area contributed by atoms with E-state index in [1.165, 1.54) is 16.7 Å². The lowest BCUT2D eigenvalue weighted by atomic mass is 9.81. The topological polar surface area (TPSA) is 29.3 Å². The van der Waals surface area contributed by atoms with E-state index in [0.717, 1.165) is 11.1 Å². The van der Waals surface area contributed by atoms with Crippen molar-refractivity contribution in [1.29, 1.82) is 0 Å². The van der Waals surface area contributed by atoms with Crippen molar-refractivity contribution in [2.45, 2.75) is 26.2 Å². The summed E-state index contributed by atoms with van der Waals surface area (Å²) < 4.78 is 5.92. The highest BCUT2D eigenvalue weighted by Crippen LogP contribution is 2.38. The molecule has 0 atom stereocenters. The first-order valence-electron chi connectivity index (χ1n) is 8.20. The van der Waals surface area contributed by atoms with Crippen molar-refractivity contribution in [3.8, 4) is 11.1 Å². The molecule has 0 bridgehead atoms. The largest absolute Gasteiger partial charge is 0.437 e. The molecule has 124 valence electrons. The Balaban J connectivity index is 2.24. The number of fused-ring (bicyclic) bond motifs is 1. The minimum absolute atomic E-state index is 0.0376. The molecule has 0 aliphatic heterocycles. The molecule has 0 fully saturated rings. The zero-order valence-electron chi connectivity index (χ0n) is 15.0. The number of aromatic nitrogens is 1. The highest BCUT2D eigenvalue weighted by atomic mass is 16.3. The molecule has 3 aromatic rings. The summed E-state index contributed by atoms with van der Waals surface area (Å²) in [6.07, 6.45) is 3.84. The van der Waals surface area contributed by atoms with Crippen molar-refractivity contribution >= 4 is 17.2 Å². The first-order chi connectivity index (χ1) is 11.4. The standard InChI is InChI=1S/C21H24N2O/c1-21(2,3)19-16(15-9-7-6-8-10-15)11-12-17-20(19)22-18(24-17)13-14-23(4)5/h6-14H,1-5H3. The normalized spacial score (nSPS) is 12.2. The van der Waals surface area contributed by atoms with Crippen molar-refractivity contribution in [3.05, 3.63) is 60.1 Å². The Bertz CT molecular complexity index is 868. The maximum absolute atomic E-state index is 5.92. The van der Waals surface area contributed by atoms with Gasteiger partial charge in [-0.25, -0.2) is 4.98 Å². The van der Waals surface area contributed by atoms with Gasteiger partial charge in [-0.2, -0.15) is 0 Å². The summed E-state index contributed by atoms with van der Waals surface area (Å²) >= 11 is 0. The van der Waals surface area contributed by atoms with Crippen LogP contribution in [0.15, 0.2) is 53.1 Å². The predicted octanol–water partition coefficient (Wildman–Crippen LogP) is 5.32. The van der Waals surface area contributed by atoms with E-state index in [2.05, 4.69) is 51.1 Å². The molecule has 24 heavy (non-hydrogen) atoms. The molecule has 0 aliphatic carbocycles. The lowest BCUT2D eigenvalue weighted by Crippen LogP contribution is -2.13. The smallest absolute Gasteiger partial charge is 0.221 e. The molecular weight excluding hydrogens is 296 g/mol. The molecule has 2 aromatic carbocycles. The van der Waals surface area contributed by atoms with Gasteiger partial charge in [-0.15, -0.1) is 0 Å². The van der Waals surface area contributed by atoms with E-state index in [9.17, 15) is 0 Å². The number of hydrogen-bond donors (Lipinski definition) is 0. The van der Waals surface area contributed by atoms with Crippen LogP contribution in [0.1, 0.15) is 32.2 Å². The minimum Gasteiger partial charge on any atom is -0.437 e. The van der Waals surface area contributed by atoms with Gasteiger partial charge in [0.15, 0.2) is 5.58 Å². The van der Waals surface area contributed by atoms with Crippen LogP contribution >= 0.6 is 0 Å². The number of nitrogens with zero attached hydrogens (tertiary/aromatic N) is 2. The van der Waals surface area contributed by atoms with Gasteiger partial charge in [0.25, 0.3) is 0 Å². The molecule has 1 aromatic heterocycles. The first kappa shape index (κ1) is 16.3. The Hall–Kier alpha value is -2.55. The van der Waals surface area contributed by atoms with Gasteiger partial charge in [-0.3, -0.25) is 0 Å². The Morgan fingerprint density at radius 2 is 1.71 bits per heavy atom. The second kappa shape index (κ2) is 6.16. The van der Waals surface area contributed by atoms with Crippen LogP contribution in [0, 0.1) is 0 Å². The van der Waals surface area contributed by atoms with Crippen LogP contribution in [-0.2, 0) is 5.41 Å². The molecule has 3 heteroatoms. The third-order valence-electron chi connectivity index (χ3n) is 3.93. The molecule has 0 radical (unpaired) electrons. The highest BCUT2D eigenvalue weighted by Gasteiger charge is 2.24. The Labute approximate surface area is 143 Å². The van der Waals surface area contributed by atoms with Gasteiger partial charge >= 0.3 is 0 Å². The lowest BCUT2D eigenvalue weighted by molar-refractivity contribution is 0.558. The van der Waals surface area contributed by atoms with E-state index in [0.29, 0.717) is 5.89 Å². The quantitative estimate of drug-likeness (QED) is 0.653. The molecule has 3 rings (SSSR count). The maximum Gasteiger partial charge on any atom is 0.221 e. The SMILES string of the molecule is CN(C)C=Cc1nc2c(C(C)(C)C)c(-c3ccccc3)ccc2o1. The lowest BCUT2D eigenvalue weighted by Gasteiger charge is -2.23. The summed E-state index contributed by atoms with van der Waals surface area (Å²) in [5.41, 5.74) is 5.38. The van der Waals surface area contributed by atoms with Crippen molar-refractivity contribution in [2.24, 2.45) is 0 Å². The molecule has 3 nitrogen and oxygen atoms in total. The van der Waals surface area contributed by atoms with Crippen molar-refractivity contribution in [3.63, 3.8) is 0 Å². The third-order valence-corrected chi connectivity index (χ3v) is 3.93. The van der Waals surface area contributed by atoms with Crippen LogP contribution in [0.3, 0.4) is 0 Å². The monoisotopic (exact) mass is 320 g/mol. The van der Waals surface area contributed by atoms with Crippen LogP contribution < -0.4 is 0 Å². The summed E-state index contributed by atoms with van der Waals surface area (Å²) in [6.45, 7) is 6.66. The van der Waals surface area contributed by atoms with Gasteiger partial charge in [0.2, 0.25) is 5.89 Å². The number of hydrogen-bond acceptors (Lipinski definition) is 3. The Kier molecular flexibility index (Phi) is 4.18. The van der Waals surface area contributed by atoms with E-state index in [1.54, 1.807) is 0 Å². The average Bonchev–Trinajstić information content (AvgIpc) is 2.94. The zero-order chi connectivity index (χ0) is 17.3. The number of rotatable bonds is 3. The van der Waals surface area contributed by atoms with Gasteiger partial charge in [0, 0.05) is 26.4 Å². The summed E-state index contributed by atoms with van der Waals surface area (Å²) in [6, 6.07) is 14.6. The fourth-order valence-electron chi connectivity index (χ4n) is 2.91. The predicted molar refractivity (Wildman–Crippen MR) is 101 cm³/mol. The third kappa shape index (κ3) is 3.21. The van der Waals surface area contributed by atoms with Crippen molar-refractivity contribution < 1.29 is 4.42 Å². The van der Waals surface area contributed by atoms with Crippen LogP contribution in [0.5, 0.6) is 0 Å². The maximum atomic E-state index is 5.92. The van der Waals surface area contributed by atoms with Crippen LogP contribution in [0.2, 0.25) is 0 Å². The van der Waals surface area contributed by atoms with Gasteiger partial charge in [0.05, 0.1) is 0 Å². The average molecular weight is 320 g/mol. The molecule has 0 spiro atoms. The van der Waals surface area contributed by atoms with Gasteiger partial charge in [0.1, 0.15) is 5.52 Å². The zero-order valence-corrected chi connectivity index (χ0v) is 15.0. The van der Waals surface area contributed by atoms with E-state index in [-0.39, 0.29) is 5.41 Å². The summed E-state index contributed by atoms with van der Waals surface area (Å²) in [5.74, 6) is 0.634. The van der Waals surface area contributed by atoms with E-state index >= 15 is 0 Å². The Morgan fingerprint density at radius 3 is 2.33 bits per heavy atom. The summed E-state index contributed by atoms with van der Waals surface area (Å²) in [5, 5.41) is 0. The van der Waals surface area contributed by atoms with Gasteiger partial charge < -0.3 is 9.32 Å². The van der Waals surface area contributed by atoms with Crippen LogP contribution in [-0.4, -0.2) is 24.0 Å².